The molecule has 0 saturated heterocycles. The van der Waals surface area contributed by atoms with E-state index in [1.165, 1.54) is 0 Å². The molecule has 0 aromatic heterocycles. The molecule has 0 atom stereocenters. The van der Waals surface area contributed by atoms with Crippen molar-refractivity contribution in [2.45, 2.75) is 19.2 Å². The van der Waals surface area contributed by atoms with Gasteiger partial charge >= 0.3 is 0 Å². The number of carbonyl (C=O) groups excluding carboxylic acids is 2. The standard InChI is InChI=1S/C14H19ClN2O2/c1-3-7-17(10-13(18)16-2)14(19)12-6-4-5-11(8-12)9-15/h4-6,8H,3,7,9-10H2,1-2H3,(H,16,18). The van der Waals surface area contributed by atoms with E-state index in [4.69, 9.17) is 11.6 Å². The van der Waals surface area contributed by atoms with Crippen LogP contribution in [0.1, 0.15) is 29.3 Å². The minimum Gasteiger partial charge on any atom is -0.358 e. The van der Waals surface area contributed by atoms with Gasteiger partial charge in [0.2, 0.25) is 5.91 Å². The maximum atomic E-state index is 12.4. The second kappa shape index (κ2) is 7.79. The Kier molecular flexibility index (Phi) is 6.36. The highest BCUT2D eigenvalue weighted by atomic mass is 35.5. The summed E-state index contributed by atoms with van der Waals surface area (Å²) in [5.74, 6) is 0.0531. The third-order valence-corrected chi connectivity index (χ3v) is 3.03. The van der Waals surface area contributed by atoms with Crippen LogP contribution in [0, 0.1) is 0 Å². The van der Waals surface area contributed by atoms with Crippen molar-refractivity contribution in [3.63, 3.8) is 0 Å². The van der Waals surface area contributed by atoms with E-state index in [1.807, 2.05) is 13.0 Å². The molecule has 1 N–H and O–H groups in total. The van der Waals surface area contributed by atoms with Gasteiger partial charge in [0, 0.05) is 25.0 Å². The maximum Gasteiger partial charge on any atom is 0.254 e. The Morgan fingerprint density at radius 3 is 2.68 bits per heavy atom. The van der Waals surface area contributed by atoms with Gasteiger partial charge in [-0.3, -0.25) is 9.59 Å². The molecule has 0 aliphatic rings. The van der Waals surface area contributed by atoms with Gasteiger partial charge in [-0.05, 0) is 24.1 Å². The maximum absolute atomic E-state index is 12.4. The number of hydrogen-bond acceptors (Lipinski definition) is 2. The predicted octanol–water partition coefficient (Wildman–Crippen LogP) is 2.02. The van der Waals surface area contributed by atoms with Gasteiger partial charge in [-0.2, -0.15) is 0 Å². The molecule has 0 aliphatic carbocycles. The van der Waals surface area contributed by atoms with Crippen molar-refractivity contribution in [1.29, 1.82) is 0 Å². The Bertz CT molecular complexity index is 449. The van der Waals surface area contributed by atoms with Crippen LogP contribution in [-0.2, 0) is 10.7 Å². The minimum atomic E-state index is -0.171. The van der Waals surface area contributed by atoms with Gasteiger partial charge in [0.1, 0.15) is 0 Å². The van der Waals surface area contributed by atoms with Gasteiger partial charge in [0.15, 0.2) is 0 Å². The summed E-state index contributed by atoms with van der Waals surface area (Å²) in [6.45, 7) is 2.60. The molecule has 0 saturated carbocycles. The molecule has 5 heteroatoms. The monoisotopic (exact) mass is 282 g/mol. The number of halogens is 1. The minimum absolute atomic E-state index is 0.0777. The van der Waals surface area contributed by atoms with E-state index in [9.17, 15) is 9.59 Å². The summed E-state index contributed by atoms with van der Waals surface area (Å²) < 4.78 is 0. The molecule has 0 unspecified atom stereocenters. The van der Waals surface area contributed by atoms with Crippen molar-refractivity contribution in [3.05, 3.63) is 35.4 Å². The second-order valence-electron chi connectivity index (χ2n) is 4.23. The van der Waals surface area contributed by atoms with Crippen molar-refractivity contribution in [3.8, 4) is 0 Å². The molecule has 1 aromatic rings. The average molecular weight is 283 g/mol. The van der Waals surface area contributed by atoms with Crippen molar-refractivity contribution in [2.75, 3.05) is 20.1 Å². The smallest absolute Gasteiger partial charge is 0.254 e. The lowest BCUT2D eigenvalue weighted by molar-refractivity contribution is -0.121. The van der Waals surface area contributed by atoms with E-state index in [1.54, 1.807) is 30.1 Å². The molecule has 0 heterocycles. The molecule has 1 rings (SSSR count). The first-order chi connectivity index (χ1) is 9.12. The first-order valence-corrected chi connectivity index (χ1v) is 6.80. The number of alkyl halides is 1. The second-order valence-corrected chi connectivity index (χ2v) is 4.50. The number of hydrogen-bond donors (Lipinski definition) is 1. The molecule has 104 valence electrons. The number of benzene rings is 1. The lowest BCUT2D eigenvalue weighted by Crippen LogP contribution is -2.40. The first kappa shape index (κ1) is 15.5. The third kappa shape index (κ3) is 4.56. The molecule has 1 aromatic carbocycles. The van der Waals surface area contributed by atoms with Crippen LogP contribution in [0.15, 0.2) is 24.3 Å². The largest absolute Gasteiger partial charge is 0.358 e. The zero-order valence-corrected chi connectivity index (χ0v) is 12.0. The summed E-state index contributed by atoms with van der Waals surface area (Å²) in [6, 6.07) is 7.17. The number of likely N-dealkylation sites (N-methyl/N-ethyl adjacent to an activating group) is 1. The van der Waals surface area contributed by atoms with Crippen LogP contribution >= 0.6 is 11.6 Å². The topological polar surface area (TPSA) is 49.4 Å². The molecule has 0 radical (unpaired) electrons. The van der Waals surface area contributed by atoms with Crippen LogP contribution in [-0.4, -0.2) is 36.9 Å². The molecule has 0 aliphatic heterocycles. The van der Waals surface area contributed by atoms with Crippen LogP contribution in [0.2, 0.25) is 0 Å². The van der Waals surface area contributed by atoms with E-state index in [-0.39, 0.29) is 18.4 Å². The fourth-order valence-electron chi connectivity index (χ4n) is 1.74. The predicted molar refractivity (Wildman–Crippen MR) is 76.3 cm³/mol. The van der Waals surface area contributed by atoms with Gasteiger partial charge in [-0.15, -0.1) is 11.6 Å². The highest BCUT2D eigenvalue weighted by Gasteiger charge is 2.17. The SMILES string of the molecule is CCCN(CC(=O)NC)C(=O)c1cccc(CCl)c1. The molecule has 0 fully saturated rings. The average Bonchev–Trinajstić information content (AvgIpc) is 2.45. The zero-order valence-electron chi connectivity index (χ0n) is 11.3. The van der Waals surface area contributed by atoms with Crippen molar-refractivity contribution < 1.29 is 9.59 Å². The van der Waals surface area contributed by atoms with Gasteiger partial charge in [-0.1, -0.05) is 19.1 Å². The fourth-order valence-corrected chi connectivity index (χ4v) is 1.91. The zero-order chi connectivity index (χ0) is 14.3. The van der Waals surface area contributed by atoms with E-state index in [0.29, 0.717) is 18.0 Å². The molecular weight excluding hydrogens is 264 g/mol. The van der Waals surface area contributed by atoms with E-state index < -0.39 is 0 Å². The third-order valence-electron chi connectivity index (χ3n) is 2.72. The Labute approximate surface area is 118 Å². The molecular formula is C14H19ClN2O2. The molecule has 19 heavy (non-hydrogen) atoms. The Hall–Kier alpha value is -1.55. The van der Waals surface area contributed by atoms with Crippen LogP contribution in [0.5, 0.6) is 0 Å². The number of amides is 2. The molecule has 2 amide bonds. The van der Waals surface area contributed by atoms with Crippen LogP contribution in [0.4, 0.5) is 0 Å². The van der Waals surface area contributed by atoms with E-state index in [0.717, 1.165) is 12.0 Å². The van der Waals surface area contributed by atoms with Crippen molar-refractivity contribution >= 4 is 23.4 Å². The van der Waals surface area contributed by atoms with Gasteiger partial charge in [0.25, 0.3) is 5.91 Å². The lowest BCUT2D eigenvalue weighted by Gasteiger charge is -2.21. The summed E-state index contributed by atoms with van der Waals surface area (Å²) >= 11 is 5.76. The van der Waals surface area contributed by atoms with E-state index >= 15 is 0 Å². The Morgan fingerprint density at radius 1 is 1.37 bits per heavy atom. The van der Waals surface area contributed by atoms with Crippen molar-refractivity contribution in [1.82, 2.24) is 10.2 Å². The lowest BCUT2D eigenvalue weighted by atomic mass is 10.1. The van der Waals surface area contributed by atoms with Crippen molar-refractivity contribution in [2.24, 2.45) is 0 Å². The molecule has 0 spiro atoms. The highest BCUT2D eigenvalue weighted by molar-refractivity contribution is 6.17. The van der Waals surface area contributed by atoms with E-state index in [2.05, 4.69) is 5.32 Å². The van der Waals surface area contributed by atoms with Crippen LogP contribution < -0.4 is 5.32 Å². The first-order valence-electron chi connectivity index (χ1n) is 6.27. The number of carbonyl (C=O) groups is 2. The Morgan fingerprint density at radius 2 is 2.11 bits per heavy atom. The number of nitrogens with one attached hydrogen (secondary N) is 1. The summed E-state index contributed by atoms with van der Waals surface area (Å²) in [5.41, 5.74) is 1.46. The Balaban J connectivity index is 2.88. The van der Waals surface area contributed by atoms with Crippen LogP contribution in [0.25, 0.3) is 0 Å². The summed E-state index contributed by atoms with van der Waals surface area (Å²) in [5, 5.41) is 2.53. The van der Waals surface area contributed by atoms with Crippen LogP contribution in [0.3, 0.4) is 0 Å². The quantitative estimate of drug-likeness (QED) is 0.812. The number of rotatable bonds is 6. The fraction of sp³-hybridized carbons (Fsp3) is 0.429. The van der Waals surface area contributed by atoms with Gasteiger partial charge < -0.3 is 10.2 Å². The number of nitrogens with zero attached hydrogens (tertiary/aromatic N) is 1. The summed E-state index contributed by atoms with van der Waals surface area (Å²) in [7, 11) is 1.56. The highest BCUT2D eigenvalue weighted by Crippen LogP contribution is 2.11. The van der Waals surface area contributed by atoms with Gasteiger partial charge in [-0.25, -0.2) is 0 Å². The molecule has 4 nitrogen and oxygen atoms in total. The summed E-state index contributed by atoms with van der Waals surface area (Å²) in [4.78, 5) is 25.3. The van der Waals surface area contributed by atoms with Gasteiger partial charge in [0.05, 0.1) is 6.54 Å². The molecule has 0 bridgehead atoms. The summed E-state index contributed by atoms with van der Waals surface area (Å²) in [6.07, 6.45) is 0.804. The normalized spacial score (nSPS) is 10.1.